The van der Waals surface area contributed by atoms with Crippen LogP contribution in [0.15, 0.2) is 249 Å². The van der Waals surface area contributed by atoms with Gasteiger partial charge in [-0.05, 0) is 169 Å². The standard InChI is InChI=1S/C68H41N/c1-2-16-44(17-3-1)65-55-24-10-11-25-56(55)66(58-33-30-49(39-61(58)65)47-28-29-48-36-45-18-4-5-19-46(45)37-52(48)38-47)57-26-12-20-50-41-60-51(40-59(50)57)21-13-27-62(60)69-63-34-31-42-14-6-8-22-53(42)67(63)68-54-23-9-7-15-43(54)32-35-64(68)69/h1-41H. The van der Waals surface area contributed by atoms with Crippen molar-refractivity contribution in [3.05, 3.63) is 249 Å². The van der Waals surface area contributed by atoms with Crippen LogP contribution in [0.4, 0.5) is 0 Å². The summed E-state index contributed by atoms with van der Waals surface area (Å²) in [6.45, 7) is 0. The molecule has 1 heteroatoms. The van der Waals surface area contributed by atoms with E-state index in [1.807, 2.05) is 0 Å². The summed E-state index contributed by atoms with van der Waals surface area (Å²) in [7, 11) is 0. The van der Waals surface area contributed by atoms with Crippen molar-refractivity contribution < 1.29 is 0 Å². The summed E-state index contributed by atoms with van der Waals surface area (Å²) in [5, 5.41) is 22.6. The first-order valence-corrected chi connectivity index (χ1v) is 24.0. The second kappa shape index (κ2) is 14.7. The van der Waals surface area contributed by atoms with Crippen molar-refractivity contribution in [1.29, 1.82) is 0 Å². The summed E-state index contributed by atoms with van der Waals surface area (Å²) in [6, 6.07) is 92.9. The molecule has 0 saturated heterocycles. The fourth-order valence-electron chi connectivity index (χ4n) is 11.9. The molecule has 0 aliphatic carbocycles. The van der Waals surface area contributed by atoms with Gasteiger partial charge in [-0.15, -0.1) is 0 Å². The number of fused-ring (bicyclic) bond motifs is 13. The Bertz CT molecular complexity index is 4560. The summed E-state index contributed by atoms with van der Waals surface area (Å²) < 4.78 is 2.51. The second-order valence-corrected chi connectivity index (χ2v) is 18.8. The highest BCUT2D eigenvalue weighted by molar-refractivity contribution is 6.29. The fraction of sp³-hybridized carbons (Fsp3) is 0. The van der Waals surface area contributed by atoms with Crippen LogP contribution in [0.5, 0.6) is 0 Å². The third-order valence-corrected chi connectivity index (χ3v) is 15.0. The SMILES string of the molecule is c1ccc(-c2c3ccccc3c(-c3cccc4cc5c(-n6c7ccc8ccccc8c7c7c8ccccc8ccc76)cccc5cc34)c3ccc(-c4ccc5cc6ccccc6cc5c4)cc23)cc1. The number of hydrogen-bond acceptors (Lipinski definition) is 0. The summed E-state index contributed by atoms with van der Waals surface area (Å²) >= 11 is 0. The molecule has 0 N–H and O–H groups in total. The highest BCUT2D eigenvalue weighted by Gasteiger charge is 2.22. The van der Waals surface area contributed by atoms with Crippen LogP contribution in [-0.4, -0.2) is 4.57 Å². The van der Waals surface area contributed by atoms with Gasteiger partial charge in [0.25, 0.3) is 0 Å². The molecule has 1 nitrogen and oxygen atoms in total. The number of rotatable bonds is 4. The van der Waals surface area contributed by atoms with Crippen LogP contribution < -0.4 is 0 Å². The lowest BCUT2D eigenvalue weighted by atomic mass is 9.83. The Morgan fingerprint density at radius 2 is 0.710 bits per heavy atom. The maximum atomic E-state index is 2.51. The largest absolute Gasteiger partial charge is 0.309 e. The zero-order valence-corrected chi connectivity index (χ0v) is 37.6. The first-order valence-electron chi connectivity index (χ1n) is 24.0. The molecule has 0 fully saturated rings. The lowest BCUT2D eigenvalue weighted by Gasteiger charge is -2.20. The maximum Gasteiger partial charge on any atom is 0.0548 e. The van der Waals surface area contributed by atoms with E-state index in [9.17, 15) is 0 Å². The Morgan fingerprint density at radius 1 is 0.217 bits per heavy atom. The van der Waals surface area contributed by atoms with E-state index in [4.69, 9.17) is 0 Å². The smallest absolute Gasteiger partial charge is 0.0548 e. The predicted molar refractivity (Wildman–Crippen MR) is 297 cm³/mol. The van der Waals surface area contributed by atoms with E-state index < -0.39 is 0 Å². The Balaban J connectivity index is 0.979. The van der Waals surface area contributed by atoms with Gasteiger partial charge in [-0.2, -0.15) is 0 Å². The molecule has 0 unspecified atom stereocenters. The van der Waals surface area contributed by atoms with E-state index in [2.05, 4.69) is 253 Å². The zero-order chi connectivity index (χ0) is 45.2. The first kappa shape index (κ1) is 38.1. The molecule has 1 aromatic heterocycles. The molecule has 0 saturated carbocycles. The van der Waals surface area contributed by atoms with Gasteiger partial charge in [-0.3, -0.25) is 0 Å². The summed E-state index contributed by atoms with van der Waals surface area (Å²) in [5.74, 6) is 0. The molecule has 0 aliphatic rings. The van der Waals surface area contributed by atoms with Crippen molar-refractivity contribution in [2.75, 3.05) is 0 Å². The molecule has 0 atom stereocenters. The number of hydrogen-bond donors (Lipinski definition) is 0. The summed E-state index contributed by atoms with van der Waals surface area (Å²) in [5.41, 5.74) is 11.0. The van der Waals surface area contributed by atoms with E-state index in [1.165, 1.54) is 147 Å². The molecular formula is C68H41N. The van der Waals surface area contributed by atoms with E-state index in [0.29, 0.717) is 0 Å². The van der Waals surface area contributed by atoms with Crippen molar-refractivity contribution in [2.24, 2.45) is 0 Å². The highest BCUT2D eigenvalue weighted by Crippen LogP contribution is 2.48. The quantitative estimate of drug-likeness (QED) is 0.155. The molecule has 69 heavy (non-hydrogen) atoms. The minimum Gasteiger partial charge on any atom is -0.309 e. The Kier molecular flexibility index (Phi) is 8.13. The van der Waals surface area contributed by atoms with Gasteiger partial charge >= 0.3 is 0 Å². The summed E-state index contributed by atoms with van der Waals surface area (Å²) in [4.78, 5) is 0. The topological polar surface area (TPSA) is 4.93 Å². The van der Waals surface area contributed by atoms with E-state index in [0.717, 1.165) is 0 Å². The van der Waals surface area contributed by atoms with E-state index in [1.54, 1.807) is 0 Å². The van der Waals surface area contributed by atoms with E-state index in [-0.39, 0.29) is 0 Å². The van der Waals surface area contributed by atoms with Crippen molar-refractivity contribution >= 4 is 108 Å². The Morgan fingerprint density at radius 3 is 1.42 bits per heavy atom. The molecule has 14 aromatic carbocycles. The predicted octanol–water partition coefficient (Wildman–Crippen LogP) is 19.0. The van der Waals surface area contributed by atoms with E-state index >= 15 is 0 Å². The van der Waals surface area contributed by atoms with Gasteiger partial charge in [0, 0.05) is 16.2 Å². The van der Waals surface area contributed by atoms with Crippen LogP contribution in [-0.2, 0) is 0 Å². The average Bonchev–Trinajstić information content (AvgIpc) is 3.76. The number of benzene rings is 14. The number of nitrogens with zero attached hydrogens (tertiary/aromatic N) is 1. The van der Waals surface area contributed by atoms with Gasteiger partial charge < -0.3 is 4.57 Å². The van der Waals surface area contributed by atoms with Crippen LogP contribution in [0.2, 0.25) is 0 Å². The molecule has 15 aromatic rings. The first-order chi connectivity index (χ1) is 34.2. The van der Waals surface area contributed by atoms with Crippen LogP contribution >= 0.6 is 0 Å². The zero-order valence-electron chi connectivity index (χ0n) is 37.6. The third-order valence-electron chi connectivity index (χ3n) is 15.0. The molecule has 0 amide bonds. The lowest BCUT2D eigenvalue weighted by Crippen LogP contribution is -1.96. The Hall–Kier alpha value is -9.04. The van der Waals surface area contributed by atoms with Crippen molar-refractivity contribution in [3.8, 4) is 39.1 Å². The molecule has 1 heterocycles. The molecule has 0 spiro atoms. The monoisotopic (exact) mass is 871 g/mol. The maximum absolute atomic E-state index is 2.51. The van der Waals surface area contributed by atoms with Gasteiger partial charge in [0.15, 0.2) is 0 Å². The van der Waals surface area contributed by atoms with Gasteiger partial charge in [0.2, 0.25) is 0 Å². The van der Waals surface area contributed by atoms with Gasteiger partial charge in [-0.1, -0.05) is 194 Å². The Labute approximate surface area is 398 Å². The average molecular weight is 872 g/mol. The van der Waals surface area contributed by atoms with Crippen molar-refractivity contribution in [2.45, 2.75) is 0 Å². The second-order valence-electron chi connectivity index (χ2n) is 18.8. The van der Waals surface area contributed by atoms with Crippen molar-refractivity contribution in [1.82, 2.24) is 4.57 Å². The summed E-state index contributed by atoms with van der Waals surface area (Å²) in [6.07, 6.45) is 0. The molecular weight excluding hydrogens is 831 g/mol. The minimum absolute atomic E-state index is 1.18. The minimum atomic E-state index is 1.18. The highest BCUT2D eigenvalue weighted by atomic mass is 15.0. The molecule has 318 valence electrons. The third kappa shape index (κ3) is 5.71. The normalized spacial score (nSPS) is 12.1. The van der Waals surface area contributed by atoms with Crippen molar-refractivity contribution in [3.63, 3.8) is 0 Å². The van der Waals surface area contributed by atoms with Crippen LogP contribution in [0.1, 0.15) is 0 Å². The van der Waals surface area contributed by atoms with Gasteiger partial charge in [0.1, 0.15) is 0 Å². The molecule has 0 radical (unpaired) electrons. The molecule has 0 aliphatic heterocycles. The molecule has 15 rings (SSSR count). The van der Waals surface area contributed by atoms with Crippen LogP contribution in [0.3, 0.4) is 0 Å². The molecule has 0 bridgehead atoms. The van der Waals surface area contributed by atoms with Crippen LogP contribution in [0, 0.1) is 0 Å². The van der Waals surface area contributed by atoms with Gasteiger partial charge in [0.05, 0.1) is 16.7 Å². The van der Waals surface area contributed by atoms with Gasteiger partial charge in [-0.25, -0.2) is 0 Å². The fourth-order valence-corrected chi connectivity index (χ4v) is 11.9. The lowest BCUT2D eigenvalue weighted by molar-refractivity contribution is 1.20. The van der Waals surface area contributed by atoms with Crippen LogP contribution in [0.25, 0.3) is 147 Å². The number of aromatic nitrogens is 1.